The van der Waals surface area contributed by atoms with Crippen LogP contribution in [0.4, 0.5) is 0 Å². The van der Waals surface area contributed by atoms with Crippen molar-refractivity contribution in [2.45, 2.75) is 24.2 Å². The third kappa shape index (κ3) is 5.06. The first-order valence-electron chi connectivity index (χ1n) is 8.04. The Bertz CT molecular complexity index is 832. The van der Waals surface area contributed by atoms with Crippen LogP contribution in [0.15, 0.2) is 53.4 Å². The minimum Gasteiger partial charge on any atom is -0.495 e. The van der Waals surface area contributed by atoms with E-state index in [0.717, 1.165) is 12.7 Å². The van der Waals surface area contributed by atoms with Crippen molar-refractivity contribution in [2.24, 2.45) is 0 Å². The number of carbonyl (C=O) groups excluding carboxylic acids is 1. The molecule has 25 heavy (non-hydrogen) atoms. The number of rotatable bonds is 7. The molecule has 0 radical (unpaired) electrons. The number of hydrogen-bond donors (Lipinski definition) is 1. The number of amides is 1. The molecule has 0 saturated carbocycles. The minimum atomic E-state index is -3.48. The topological polar surface area (TPSA) is 72.5 Å². The number of methoxy groups -OCH3 is 1. The molecule has 0 aliphatic heterocycles. The monoisotopic (exact) mass is 361 g/mol. The van der Waals surface area contributed by atoms with Crippen LogP contribution in [0.1, 0.15) is 35.2 Å². The minimum absolute atomic E-state index is 0.0142. The molecule has 0 spiro atoms. The summed E-state index contributed by atoms with van der Waals surface area (Å²) in [7, 11) is -2.08. The third-order valence-electron chi connectivity index (χ3n) is 4.06. The van der Waals surface area contributed by atoms with Crippen LogP contribution in [0.25, 0.3) is 0 Å². The molecular weight excluding hydrogens is 338 g/mol. The Morgan fingerprint density at radius 3 is 2.44 bits per heavy atom. The van der Waals surface area contributed by atoms with Gasteiger partial charge < -0.3 is 10.1 Å². The maximum Gasteiger partial charge on any atom is 0.251 e. The largest absolute Gasteiger partial charge is 0.495 e. The molecule has 0 saturated heterocycles. The lowest BCUT2D eigenvalue weighted by Gasteiger charge is -2.13. The molecule has 0 aromatic heterocycles. The summed E-state index contributed by atoms with van der Waals surface area (Å²) >= 11 is 0. The summed E-state index contributed by atoms with van der Waals surface area (Å²) in [5.41, 5.74) is 1.52. The second-order valence-electron chi connectivity index (χ2n) is 5.99. The Hall–Kier alpha value is -2.34. The van der Waals surface area contributed by atoms with Gasteiger partial charge >= 0.3 is 0 Å². The number of ether oxygens (including phenoxy) is 1. The molecule has 1 unspecified atom stereocenters. The van der Waals surface area contributed by atoms with Crippen LogP contribution in [-0.4, -0.2) is 34.2 Å². The van der Waals surface area contributed by atoms with Gasteiger partial charge in [0.2, 0.25) is 0 Å². The second kappa shape index (κ2) is 8.16. The summed E-state index contributed by atoms with van der Waals surface area (Å²) in [5.74, 6) is 0.258. The van der Waals surface area contributed by atoms with E-state index in [4.69, 9.17) is 4.74 Å². The van der Waals surface area contributed by atoms with Crippen LogP contribution in [0.2, 0.25) is 0 Å². The van der Waals surface area contributed by atoms with E-state index in [2.05, 4.69) is 24.4 Å². The van der Waals surface area contributed by atoms with Gasteiger partial charge in [0, 0.05) is 18.4 Å². The molecule has 2 rings (SSSR count). The van der Waals surface area contributed by atoms with Crippen molar-refractivity contribution in [1.82, 2.24) is 5.32 Å². The van der Waals surface area contributed by atoms with E-state index < -0.39 is 9.84 Å². The second-order valence-corrected chi connectivity index (χ2v) is 7.98. The fourth-order valence-corrected chi connectivity index (χ4v) is 3.42. The van der Waals surface area contributed by atoms with Gasteiger partial charge in [0.05, 0.1) is 7.11 Å². The van der Waals surface area contributed by atoms with E-state index in [0.29, 0.717) is 18.0 Å². The lowest BCUT2D eigenvalue weighted by Crippen LogP contribution is -2.25. The van der Waals surface area contributed by atoms with Crippen LogP contribution in [0, 0.1) is 0 Å². The zero-order valence-corrected chi connectivity index (χ0v) is 15.5. The van der Waals surface area contributed by atoms with Crippen molar-refractivity contribution in [3.8, 4) is 5.75 Å². The Morgan fingerprint density at radius 1 is 1.16 bits per heavy atom. The van der Waals surface area contributed by atoms with Gasteiger partial charge in [-0.05, 0) is 36.1 Å². The molecule has 134 valence electrons. The van der Waals surface area contributed by atoms with Crippen molar-refractivity contribution in [2.75, 3.05) is 19.9 Å². The van der Waals surface area contributed by atoms with Gasteiger partial charge in [0.15, 0.2) is 9.84 Å². The quantitative estimate of drug-likeness (QED) is 0.823. The van der Waals surface area contributed by atoms with Gasteiger partial charge in [-0.1, -0.05) is 37.3 Å². The lowest BCUT2D eigenvalue weighted by molar-refractivity contribution is 0.0952. The molecule has 5 nitrogen and oxygen atoms in total. The Labute approximate surface area is 148 Å². The maximum atomic E-state index is 12.3. The van der Waals surface area contributed by atoms with Crippen LogP contribution < -0.4 is 10.1 Å². The van der Waals surface area contributed by atoms with E-state index in [-0.39, 0.29) is 16.6 Å². The fraction of sp³-hybridized carbons (Fsp3) is 0.316. The summed E-state index contributed by atoms with van der Waals surface area (Å²) in [4.78, 5) is 12.3. The normalized spacial score (nSPS) is 12.4. The van der Waals surface area contributed by atoms with Crippen molar-refractivity contribution in [3.63, 3.8) is 0 Å². The molecule has 1 amide bonds. The highest BCUT2D eigenvalue weighted by Gasteiger charge is 2.17. The van der Waals surface area contributed by atoms with Crippen molar-refractivity contribution < 1.29 is 17.9 Å². The standard InChI is InChI=1S/C19H23NO4S/c1-14(15-7-5-4-6-8-15)11-12-20-19(21)16-9-10-17(24-2)18(13-16)25(3,22)23/h4-10,13-14H,11-12H2,1-3H3,(H,20,21). The number of nitrogens with one attached hydrogen (secondary N) is 1. The summed E-state index contributed by atoms with van der Waals surface area (Å²) in [5, 5.41) is 2.84. The van der Waals surface area contributed by atoms with Crippen LogP contribution >= 0.6 is 0 Å². The van der Waals surface area contributed by atoms with E-state index in [9.17, 15) is 13.2 Å². The first-order valence-corrected chi connectivity index (χ1v) is 9.93. The molecule has 6 heteroatoms. The Kier molecular flexibility index (Phi) is 6.20. The van der Waals surface area contributed by atoms with Crippen molar-refractivity contribution in [1.29, 1.82) is 0 Å². The number of hydrogen-bond acceptors (Lipinski definition) is 4. The lowest BCUT2D eigenvalue weighted by atomic mass is 9.98. The molecule has 0 aliphatic rings. The van der Waals surface area contributed by atoms with Gasteiger partial charge in [-0.15, -0.1) is 0 Å². The highest BCUT2D eigenvalue weighted by Crippen LogP contribution is 2.25. The van der Waals surface area contributed by atoms with Gasteiger partial charge in [-0.3, -0.25) is 4.79 Å². The van der Waals surface area contributed by atoms with Crippen molar-refractivity contribution in [3.05, 3.63) is 59.7 Å². The summed E-state index contributed by atoms with van der Waals surface area (Å²) in [6.07, 6.45) is 1.89. The molecule has 2 aromatic carbocycles. The molecule has 1 atom stereocenters. The van der Waals surface area contributed by atoms with E-state index >= 15 is 0 Å². The Morgan fingerprint density at radius 2 is 1.84 bits per heavy atom. The predicted molar refractivity (Wildman–Crippen MR) is 97.9 cm³/mol. The van der Waals surface area contributed by atoms with Crippen molar-refractivity contribution >= 4 is 15.7 Å². The van der Waals surface area contributed by atoms with Gasteiger partial charge in [-0.25, -0.2) is 8.42 Å². The molecule has 1 N–H and O–H groups in total. The first kappa shape index (κ1) is 19.0. The smallest absolute Gasteiger partial charge is 0.251 e. The average molecular weight is 361 g/mol. The summed E-state index contributed by atoms with van der Waals surface area (Å²) in [6.45, 7) is 2.62. The zero-order valence-electron chi connectivity index (χ0n) is 14.7. The highest BCUT2D eigenvalue weighted by molar-refractivity contribution is 7.90. The maximum absolute atomic E-state index is 12.3. The van der Waals surface area contributed by atoms with E-state index in [1.165, 1.54) is 24.8 Å². The first-order chi connectivity index (χ1) is 11.8. The van der Waals surface area contributed by atoms with Gasteiger partial charge in [0.1, 0.15) is 10.6 Å². The molecule has 0 fully saturated rings. The van der Waals surface area contributed by atoms with Gasteiger partial charge in [0.25, 0.3) is 5.91 Å². The third-order valence-corrected chi connectivity index (χ3v) is 5.17. The van der Waals surface area contributed by atoms with Crippen LogP contribution in [-0.2, 0) is 9.84 Å². The highest BCUT2D eigenvalue weighted by atomic mass is 32.2. The summed E-state index contributed by atoms with van der Waals surface area (Å²) in [6, 6.07) is 14.5. The number of carbonyl (C=O) groups is 1. The molecule has 0 heterocycles. The van der Waals surface area contributed by atoms with Crippen LogP contribution in [0.3, 0.4) is 0 Å². The fourth-order valence-electron chi connectivity index (χ4n) is 2.56. The SMILES string of the molecule is COc1ccc(C(=O)NCCC(C)c2ccccc2)cc1S(C)(=O)=O. The van der Waals surface area contributed by atoms with Crippen LogP contribution in [0.5, 0.6) is 5.75 Å². The Balaban J connectivity index is 2.02. The van der Waals surface area contributed by atoms with E-state index in [1.807, 2.05) is 18.2 Å². The molecule has 0 aliphatic carbocycles. The molecular formula is C19H23NO4S. The molecule has 2 aromatic rings. The average Bonchev–Trinajstić information content (AvgIpc) is 2.61. The zero-order chi connectivity index (χ0) is 18.4. The number of benzene rings is 2. The van der Waals surface area contributed by atoms with E-state index in [1.54, 1.807) is 6.07 Å². The summed E-state index contributed by atoms with van der Waals surface area (Å²) < 4.78 is 28.7. The predicted octanol–water partition coefficient (Wildman–Crippen LogP) is 3.02. The van der Waals surface area contributed by atoms with Gasteiger partial charge in [-0.2, -0.15) is 0 Å². The number of sulfone groups is 1. The molecule has 0 bridgehead atoms.